The van der Waals surface area contributed by atoms with Crippen molar-refractivity contribution in [2.45, 2.75) is 5.92 Å². The van der Waals surface area contributed by atoms with Gasteiger partial charge in [-0.15, -0.1) is 0 Å². The lowest BCUT2D eigenvalue weighted by molar-refractivity contribution is -0.116. The molecule has 1 heterocycles. The van der Waals surface area contributed by atoms with Crippen LogP contribution in [0.5, 0.6) is 11.5 Å². The van der Waals surface area contributed by atoms with E-state index < -0.39 is 11.9 Å². The van der Waals surface area contributed by atoms with Crippen molar-refractivity contribution < 1.29 is 23.8 Å². The van der Waals surface area contributed by atoms with Gasteiger partial charge in [0.25, 0.3) is 0 Å². The van der Waals surface area contributed by atoms with Crippen LogP contribution in [0.2, 0.25) is 5.02 Å². The minimum absolute atomic E-state index is 0.0753. The number of H-pyrrole nitrogens is 1. The zero-order valence-electron chi connectivity index (χ0n) is 16.6. The zero-order valence-corrected chi connectivity index (χ0v) is 17.3. The number of carbonyl (C=O) groups excluding carboxylic acids is 2. The number of hydrogen-bond acceptors (Lipinski definition) is 6. The van der Waals surface area contributed by atoms with Gasteiger partial charge in [-0.1, -0.05) is 23.7 Å². The van der Waals surface area contributed by atoms with Gasteiger partial charge in [-0.3, -0.25) is 9.89 Å². The second-order valence-corrected chi connectivity index (χ2v) is 6.65. The van der Waals surface area contributed by atoms with E-state index in [2.05, 4.69) is 15.5 Å². The van der Waals surface area contributed by atoms with Gasteiger partial charge in [0.15, 0.2) is 5.69 Å². The van der Waals surface area contributed by atoms with E-state index in [-0.39, 0.29) is 11.6 Å². The zero-order chi connectivity index (χ0) is 21.7. The van der Waals surface area contributed by atoms with Crippen molar-refractivity contribution in [2.24, 2.45) is 0 Å². The van der Waals surface area contributed by atoms with Crippen LogP contribution in [0.1, 0.15) is 27.7 Å². The number of halogens is 1. The Morgan fingerprint density at radius 2 is 1.77 bits per heavy atom. The molecule has 1 unspecified atom stereocenters. The summed E-state index contributed by atoms with van der Waals surface area (Å²) in [7, 11) is 4.33. The lowest BCUT2D eigenvalue weighted by Gasteiger charge is -2.17. The first kappa shape index (κ1) is 21.2. The highest BCUT2D eigenvalue weighted by Crippen LogP contribution is 2.30. The first-order valence-electron chi connectivity index (χ1n) is 8.88. The molecule has 0 aliphatic carbocycles. The van der Waals surface area contributed by atoms with Gasteiger partial charge in [0.2, 0.25) is 5.91 Å². The maximum atomic E-state index is 13.2. The molecule has 2 aromatic carbocycles. The number of rotatable bonds is 7. The SMILES string of the molecule is COC(=O)c1cc(C(C(=O)Nc2ccc(OC)c(Cl)c2)c2ccc(OC)cc2)[nH]n1. The summed E-state index contributed by atoms with van der Waals surface area (Å²) in [6, 6.07) is 13.4. The van der Waals surface area contributed by atoms with Crippen LogP contribution in [0, 0.1) is 0 Å². The van der Waals surface area contributed by atoms with Crippen molar-refractivity contribution in [1.29, 1.82) is 0 Å². The summed E-state index contributed by atoms with van der Waals surface area (Å²) >= 11 is 6.16. The summed E-state index contributed by atoms with van der Waals surface area (Å²) in [5, 5.41) is 9.91. The van der Waals surface area contributed by atoms with Crippen molar-refractivity contribution in [3.05, 3.63) is 70.5 Å². The summed E-state index contributed by atoms with van der Waals surface area (Å²) in [6.07, 6.45) is 0. The summed E-state index contributed by atoms with van der Waals surface area (Å²) in [5.74, 6) is -0.574. The lowest BCUT2D eigenvalue weighted by atomic mass is 9.94. The van der Waals surface area contributed by atoms with Crippen molar-refractivity contribution in [3.63, 3.8) is 0 Å². The molecule has 0 radical (unpaired) electrons. The minimum atomic E-state index is -0.775. The molecule has 1 amide bonds. The number of aromatic nitrogens is 2. The fourth-order valence-electron chi connectivity index (χ4n) is 2.92. The number of nitrogens with zero attached hydrogens (tertiary/aromatic N) is 1. The Hall–Kier alpha value is -3.52. The first-order valence-corrected chi connectivity index (χ1v) is 9.26. The van der Waals surface area contributed by atoms with Crippen LogP contribution >= 0.6 is 11.6 Å². The third kappa shape index (κ3) is 4.55. The van der Waals surface area contributed by atoms with E-state index in [9.17, 15) is 9.59 Å². The Bertz CT molecular complexity index is 1050. The predicted octanol–water partition coefficient (Wildman–Crippen LogP) is 3.64. The molecule has 0 saturated heterocycles. The first-order chi connectivity index (χ1) is 14.5. The van der Waals surface area contributed by atoms with E-state index in [1.165, 1.54) is 20.3 Å². The van der Waals surface area contributed by atoms with E-state index in [1.807, 2.05) is 0 Å². The molecule has 0 bridgehead atoms. The number of esters is 1. The van der Waals surface area contributed by atoms with Crippen molar-refractivity contribution in [1.82, 2.24) is 10.2 Å². The molecule has 0 aliphatic heterocycles. The van der Waals surface area contributed by atoms with Gasteiger partial charge in [0.05, 0.1) is 32.0 Å². The molecule has 3 rings (SSSR count). The predicted molar refractivity (Wildman–Crippen MR) is 111 cm³/mol. The molecular formula is C21H20ClN3O5. The van der Waals surface area contributed by atoms with Crippen LogP contribution in [-0.2, 0) is 9.53 Å². The normalized spacial score (nSPS) is 11.5. The molecule has 0 aliphatic rings. The molecule has 0 saturated carbocycles. The van der Waals surface area contributed by atoms with Crippen LogP contribution in [-0.4, -0.2) is 43.4 Å². The van der Waals surface area contributed by atoms with Gasteiger partial charge in [-0.2, -0.15) is 5.10 Å². The Balaban J connectivity index is 1.95. The Labute approximate surface area is 178 Å². The summed E-state index contributed by atoms with van der Waals surface area (Å²) in [5.41, 5.74) is 1.67. The van der Waals surface area contributed by atoms with Crippen LogP contribution in [0.4, 0.5) is 5.69 Å². The number of methoxy groups -OCH3 is 3. The maximum Gasteiger partial charge on any atom is 0.358 e. The van der Waals surface area contributed by atoms with E-state index in [0.29, 0.717) is 33.5 Å². The molecule has 30 heavy (non-hydrogen) atoms. The molecule has 1 atom stereocenters. The number of carbonyl (C=O) groups is 2. The van der Waals surface area contributed by atoms with Gasteiger partial charge < -0.3 is 19.5 Å². The Morgan fingerprint density at radius 3 is 2.37 bits per heavy atom. The molecule has 0 fully saturated rings. The average molecular weight is 430 g/mol. The van der Waals surface area contributed by atoms with E-state index in [1.54, 1.807) is 49.6 Å². The topological polar surface area (TPSA) is 103 Å². The number of amides is 1. The number of anilines is 1. The fraction of sp³-hybridized carbons (Fsp3) is 0.190. The summed E-state index contributed by atoms with van der Waals surface area (Å²) in [6.45, 7) is 0. The van der Waals surface area contributed by atoms with Crippen molar-refractivity contribution in [2.75, 3.05) is 26.6 Å². The number of hydrogen-bond donors (Lipinski definition) is 2. The smallest absolute Gasteiger partial charge is 0.358 e. The third-order valence-electron chi connectivity index (χ3n) is 4.43. The summed E-state index contributed by atoms with van der Waals surface area (Å²) < 4.78 is 15.0. The molecule has 3 aromatic rings. The summed E-state index contributed by atoms with van der Waals surface area (Å²) in [4.78, 5) is 25.0. The number of aromatic amines is 1. The fourth-order valence-corrected chi connectivity index (χ4v) is 3.18. The third-order valence-corrected chi connectivity index (χ3v) is 4.73. The molecule has 1 aromatic heterocycles. The minimum Gasteiger partial charge on any atom is -0.497 e. The number of nitrogens with one attached hydrogen (secondary N) is 2. The van der Waals surface area contributed by atoms with E-state index in [4.69, 9.17) is 25.8 Å². The lowest BCUT2D eigenvalue weighted by Crippen LogP contribution is -2.22. The molecule has 0 spiro atoms. The molecular weight excluding hydrogens is 410 g/mol. The second-order valence-electron chi connectivity index (χ2n) is 6.24. The Morgan fingerprint density at radius 1 is 1.03 bits per heavy atom. The quantitative estimate of drug-likeness (QED) is 0.556. The van der Waals surface area contributed by atoms with E-state index in [0.717, 1.165) is 0 Å². The van der Waals surface area contributed by atoms with Gasteiger partial charge in [0.1, 0.15) is 17.4 Å². The average Bonchev–Trinajstić information content (AvgIpc) is 3.23. The second kappa shape index (κ2) is 9.32. The highest BCUT2D eigenvalue weighted by atomic mass is 35.5. The van der Waals surface area contributed by atoms with Gasteiger partial charge >= 0.3 is 5.97 Å². The van der Waals surface area contributed by atoms with Gasteiger partial charge in [0, 0.05) is 5.69 Å². The molecule has 156 valence electrons. The van der Waals surface area contributed by atoms with Crippen LogP contribution in [0.25, 0.3) is 0 Å². The largest absolute Gasteiger partial charge is 0.497 e. The number of ether oxygens (including phenoxy) is 3. The molecule has 8 nitrogen and oxygen atoms in total. The molecule has 2 N–H and O–H groups in total. The van der Waals surface area contributed by atoms with E-state index >= 15 is 0 Å². The van der Waals surface area contributed by atoms with Crippen LogP contribution < -0.4 is 14.8 Å². The monoisotopic (exact) mass is 429 g/mol. The Kier molecular flexibility index (Phi) is 6.58. The van der Waals surface area contributed by atoms with Crippen LogP contribution in [0.15, 0.2) is 48.5 Å². The molecule has 9 heteroatoms. The van der Waals surface area contributed by atoms with Crippen LogP contribution in [0.3, 0.4) is 0 Å². The van der Waals surface area contributed by atoms with Gasteiger partial charge in [-0.25, -0.2) is 4.79 Å². The standard InChI is InChI=1S/C21H20ClN3O5/c1-28-14-7-4-12(5-8-14)19(16-11-17(25-24-16)21(27)30-3)20(26)23-13-6-9-18(29-2)15(22)10-13/h4-11,19H,1-3H3,(H,23,26)(H,24,25). The highest BCUT2D eigenvalue weighted by Gasteiger charge is 2.26. The van der Waals surface area contributed by atoms with Crippen molar-refractivity contribution in [3.8, 4) is 11.5 Å². The van der Waals surface area contributed by atoms with Gasteiger partial charge in [-0.05, 0) is 42.0 Å². The highest BCUT2D eigenvalue weighted by molar-refractivity contribution is 6.32. The maximum absolute atomic E-state index is 13.2. The number of benzene rings is 2. The van der Waals surface area contributed by atoms with Crippen molar-refractivity contribution >= 4 is 29.2 Å².